The van der Waals surface area contributed by atoms with Crippen molar-refractivity contribution < 1.29 is 0 Å². The third-order valence-corrected chi connectivity index (χ3v) is 3.60. The molecule has 84 valence electrons. The van der Waals surface area contributed by atoms with Crippen LogP contribution in [0.25, 0.3) is 5.57 Å². The Labute approximate surface area is 107 Å². The van der Waals surface area contributed by atoms with Crippen LogP contribution in [0.15, 0.2) is 60.7 Å². The first kappa shape index (κ1) is 10.6. The summed E-state index contributed by atoms with van der Waals surface area (Å²) in [6.07, 6.45) is 2.28. The van der Waals surface area contributed by atoms with Crippen LogP contribution < -0.4 is 0 Å². The van der Waals surface area contributed by atoms with Gasteiger partial charge in [0, 0.05) is 11.8 Å². The molecule has 1 atom stereocenters. The standard InChI is InChI=1S/C16H13Cl/c17-11-13-10-16(12-6-2-1-3-7-12)15-9-5-4-8-14(13)15/h1-10,13H,11H2. The summed E-state index contributed by atoms with van der Waals surface area (Å²) in [5, 5.41) is 0. The highest BCUT2D eigenvalue weighted by Crippen LogP contribution is 2.39. The Balaban J connectivity index is 2.13. The molecule has 0 aromatic heterocycles. The molecule has 2 aromatic carbocycles. The van der Waals surface area contributed by atoms with E-state index < -0.39 is 0 Å². The first-order chi connectivity index (χ1) is 8.40. The first-order valence-electron chi connectivity index (χ1n) is 5.82. The summed E-state index contributed by atoms with van der Waals surface area (Å²) in [7, 11) is 0. The van der Waals surface area contributed by atoms with Crippen LogP contribution in [0.3, 0.4) is 0 Å². The molecule has 0 N–H and O–H groups in total. The number of allylic oxidation sites excluding steroid dienone is 1. The number of hydrogen-bond acceptors (Lipinski definition) is 0. The van der Waals surface area contributed by atoms with E-state index in [9.17, 15) is 0 Å². The van der Waals surface area contributed by atoms with Crippen molar-refractivity contribution >= 4 is 17.2 Å². The summed E-state index contributed by atoms with van der Waals surface area (Å²) >= 11 is 6.04. The normalized spacial score (nSPS) is 17.7. The van der Waals surface area contributed by atoms with E-state index >= 15 is 0 Å². The van der Waals surface area contributed by atoms with E-state index in [4.69, 9.17) is 11.6 Å². The highest BCUT2D eigenvalue weighted by Gasteiger charge is 2.22. The molecule has 0 amide bonds. The van der Waals surface area contributed by atoms with Crippen molar-refractivity contribution in [3.63, 3.8) is 0 Å². The van der Waals surface area contributed by atoms with Gasteiger partial charge in [0.05, 0.1) is 0 Å². The minimum absolute atomic E-state index is 0.350. The van der Waals surface area contributed by atoms with Crippen LogP contribution >= 0.6 is 11.6 Å². The molecule has 3 rings (SSSR count). The highest BCUT2D eigenvalue weighted by atomic mass is 35.5. The Morgan fingerprint density at radius 3 is 2.35 bits per heavy atom. The molecule has 0 saturated heterocycles. The number of alkyl halides is 1. The van der Waals surface area contributed by atoms with Crippen molar-refractivity contribution in [1.29, 1.82) is 0 Å². The Kier molecular flexibility index (Phi) is 2.74. The van der Waals surface area contributed by atoms with Crippen LogP contribution in [0, 0.1) is 0 Å². The Morgan fingerprint density at radius 2 is 1.59 bits per heavy atom. The van der Waals surface area contributed by atoms with E-state index in [0.29, 0.717) is 11.8 Å². The van der Waals surface area contributed by atoms with E-state index in [-0.39, 0.29) is 0 Å². The second-order valence-electron chi connectivity index (χ2n) is 4.29. The van der Waals surface area contributed by atoms with Gasteiger partial charge in [-0.25, -0.2) is 0 Å². The number of halogens is 1. The molecule has 2 aromatic rings. The number of benzene rings is 2. The molecule has 1 heteroatoms. The van der Waals surface area contributed by atoms with Gasteiger partial charge < -0.3 is 0 Å². The quantitative estimate of drug-likeness (QED) is 0.680. The van der Waals surface area contributed by atoms with E-state index in [1.807, 2.05) is 6.07 Å². The number of fused-ring (bicyclic) bond motifs is 1. The van der Waals surface area contributed by atoms with Crippen molar-refractivity contribution in [2.45, 2.75) is 5.92 Å². The average molecular weight is 241 g/mol. The zero-order valence-electron chi connectivity index (χ0n) is 9.44. The van der Waals surface area contributed by atoms with Crippen LogP contribution in [-0.4, -0.2) is 5.88 Å². The molecule has 0 heterocycles. The predicted octanol–water partition coefficient (Wildman–Crippen LogP) is 4.45. The van der Waals surface area contributed by atoms with Gasteiger partial charge in [0.15, 0.2) is 0 Å². The molecule has 0 spiro atoms. The van der Waals surface area contributed by atoms with E-state index in [1.54, 1.807) is 0 Å². The molecule has 17 heavy (non-hydrogen) atoms. The fourth-order valence-corrected chi connectivity index (χ4v) is 2.70. The predicted molar refractivity (Wildman–Crippen MR) is 73.4 cm³/mol. The minimum atomic E-state index is 0.350. The molecule has 0 radical (unpaired) electrons. The van der Waals surface area contributed by atoms with Gasteiger partial charge in [-0.15, -0.1) is 11.6 Å². The maximum atomic E-state index is 6.04. The van der Waals surface area contributed by atoms with Crippen molar-refractivity contribution in [2.75, 3.05) is 5.88 Å². The molecule has 1 aliphatic carbocycles. The third kappa shape index (κ3) is 1.79. The summed E-state index contributed by atoms with van der Waals surface area (Å²) in [5.74, 6) is 0.996. The monoisotopic (exact) mass is 240 g/mol. The number of hydrogen-bond donors (Lipinski definition) is 0. The smallest absolute Gasteiger partial charge is 0.0327 e. The maximum absolute atomic E-state index is 6.04. The molecule has 0 fully saturated rings. The molecule has 0 aliphatic heterocycles. The summed E-state index contributed by atoms with van der Waals surface area (Å²) in [5.41, 5.74) is 5.25. The molecule has 1 aliphatic rings. The van der Waals surface area contributed by atoms with Crippen LogP contribution in [0.4, 0.5) is 0 Å². The molecule has 1 unspecified atom stereocenters. The SMILES string of the molecule is ClCC1C=C(c2ccccc2)c2ccccc21. The fourth-order valence-electron chi connectivity index (χ4n) is 2.44. The van der Waals surface area contributed by atoms with Gasteiger partial charge in [-0.3, -0.25) is 0 Å². The lowest BCUT2D eigenvalue weighted by molar-refractivity contribution is 0.999. The summed E-state index contributed by atoms with van der Waals surface area (Å²) in [6, 6.07) is 19.0. The summed E-state index contributed by atoms with van der Waals surface area (Å²) < 4.78 is 0. The summed E-state index contributed by atoms with van der Waals surface area (Å²) in [4.78, 5) is 0. The van der Waals surface area contributed by atoms with Gasteiger partial charge in [0.25, 0.3) is 0 Å². The van der Waals surface area contributed by atoms with Gasteiger partial charge in [-0.1, -0.05) is 60.7 Å². The van der Waals surface area contributed by atoms with Gasteiger partial charge in [0.2, 0.25) is 0 Å². The molecule has 0 saturated carbocycles. The largest absolute Gasteiger partial charge is 0.126 e. The third-order valence-electron chi connectivity index (χ3n) is 3.27. The van der Waals surface area contributed by atoms with E-state index in [0.717, 1.165) is 0 Å². The van der Waals surface area contributed by atoms with Crippen LogP contribution in [0.5, 0.6) is 0 Å². The lowest BCUT2D eigenvalue weighted by atomic mass is 9.98. The Morgan fingerprint density at radius 1 is 0.882 bits per heavy atom. The van der Waals surface area contributed by atoms with Crippen LogP contribution in [0.2, 0.25) is 0 Å². The average Bonchev–Trinajstić information content (AvgIpc) is 2.78. The van der Waals surface area contributed by atoms with Gasteiger partial charge in [0.1, 0.15) is 0 Å². The second kappa shape index (κ2) is 4.38. The fraction of sp³-hybridized carbons (Fsp3) is 0.125. The van der Waals surface area contributed by atoms with Crippen LogP contribution in [0.1, 0.15) is 22.6 Å². The molecule has 0 nitrogen and oxygen atoms in total. The van der Waals surface area contributed by atoms with Crippen molar-refractivity contribution in [3.8, 4) is 0 Å². The Bertz CT molecular complexity index is 555. The van der Waals surface area contributed by atoms with Gasteiger partial charge in [-0.2, -0.15) is 0 Å². The van der Waals surface area contributed by atoms with Crippen molar-refractivity contribution in [3.05, 3.63) is 77.4 Å². The van der Waals surface area contributed by atoms with E-state index in [2.05, 4.69) is 54.6 Å². The van der Waals surface area contributed by atoms with Crippen LogP contribution in [-0.2, 0) is 0 Å². The van der Waals surface area contributed by atoms with Gasteiger partial charge in [-0.05, 0) is 22.3 Å². The second-order valence-corrected chi connectivity index (χ2v) is 4.60. The first-order valence-corrected chi connectivity index (χ1v) is 6.36. The molecular weight excluding hydrogens is 228 g/mol. The zero-order chi connectivity index (χ0) is 11.7. The molecular formula is C16H13Cl. The lowest BCUT2D eigenvalue weighted by Crippen LogP contribution is -1.93. The zero-order valence-corrected chi connectivity index (χ0v) is 10.2. The Hall–Kier alpha value is -1.53. The summed E-state index contributed by atoms with van der Waals surface area (Å²) in [6.45, 7) is 0. The van der Waals surface area contributed by atoms with Crippen molar-refractivity contribution in [1.82, 2.24) is 0 Å². The maximum Gasteiger partial charge on any atom is 0.0327 e. The number of rotatable bonds is 2. The minimum Gasteiger partial charge on any atom is -0.126 e. The van der Waals surface area contributed by atoms with Crippen molar-refractivity contribution in [2.24, 2.45) is 0 Å². The van der Waals surface area contributed by atoms with Gasteiger partial charge >= 0.3 is 0 Å². The van der Waals surface area contributed by atoms with E-state index in [1.165, 1.54) is 22.3 Å². The topological polar surface area (TPSA) is 0 Å². The highest BCUT2D eigenvalue weighted by molar-refractivity contribution is 6.18. The lowest BCUT2D eigenvalue weighted by Gasteiger charge is -2.07. The molecule has 0 bridgehead atoms.